The van der Waals surface area contributed by atoms with Crippen molar-refractivity contribution in [2.75, 3.05) is 23.8 Å². The van der Waals surface area contributed by atoms with Crippen LogP contribution in [0.2, 0.25) is 0 Å². The predicted octanol–water partition coefficient (Wildman–Crippen LogP) is 3.58. The standard InChI is InChI=1S/C16H15Br2N3O3/c17-10-7-11(18)9-12(8-10)20-16(24)21-14-4-2-1-3-13(14)15(23)19-5-6-22/h1-4,7-9,22H,5-6H2,(H,19,23)(H2,20,21,24). The maximum absolute atomic E-state index is 12.2. The summed E-state index contributed by atoms with van der Waals surface area (Å²) in [5.41, 5.74) is 1.28. The van der Waals surface area contributed by atoms with E-state index in [0.29, 0.717) is 16.9 Å². The van der Waals surface area contributed by atoms with Gasteiger partial charge in [-0.25, -0.2) is 4.79 Å². The molecule has 0 aliphatic carbocycles. The van der Waals surface area contributed by atoms with Gasteiger partial charge in [0.2, 0.25) is 0 Å². The minimum Gasteiger partial charge on any atom is -0.395 e. The topological polar surface area (TPSA) is 90.5 Å². The van der Waals surface area contributed by atoms with Gasteiger partial charge in [-0.15, -0.1) is 0 Å². The van der Waals surface area contributed by atoms with Crippen molar-refractivity contribution in [3.05, 3.63) is 57.0 Å². The maximum atomic E-state index is 12.2. The molecule has 2 aromatic rings. The molecule has 0 aliphatic rings. The van der Waals surface area contributed by atoms with Crippen molar-refractivity contribution in [2.45, 2.75) is 0 Å². The van der Waals surface area contributed by atoms with Crippen LogP contribution in [0.5, 0.6) is 0 Å². The number of urea groups is 1. The van der Waals surface area contributed by atoms with Crippen LogP contribution >= 0.6 is 31.9 Å². The van der Waals surface area contributed by atoms with Gasteiger partial charge in [0.15, 0.2) is 0 Å². The monoisotopic (exact) mass is 455 g/mol. The highest BCUT2D eigenvalue weighted by molar-refractivity contribution is 9.11. The van der Waals surface area contributed by atoms with Gasteiger partial charge in [-0.05, 0) is 30.3 Å². The maximum Gasteiger partial charge on any atom is 0.323 e. The van der Waals surface area contributed by atoms with Crippen molar-refractivity contribution < 1.29 is 14.7 Å². The molecule has 126 valence electrons. The van der Waals surface area contributed by atoms with Gasteiger partial charge in [0.05, 0.1) is 17.9 Å². The summed E-state index contributed by atoms with van der Waals surface area (Å²) in [5, 5.41) is 16.7. The second-order valence-corrected chi connectivity index (χ2v) is 6.59. The number of nitrogens with one attached hydrogen (secondary N) is 3. The quantitative estimate of drug-likeness (QED) is 0.554. The van der Waals surface area contributed by atoms with Gasteiger partial charge in [-0.3, -0.25) is 4.79 Å². The molecular weight excluding hydrogens is 442 g/mol. The Labute approximate surface area is 155 Å². The molecule has 4 N–H and O–H groups in total. The summed E-state index contributed by atoms with van der Waals surface area (Å²) in [6.45, 7) is -0.00891. The number of para-hydroxylation sites is 1. The fourth-order valence-electron chi connectivity index (χ4n) is 1.97. The molecule has 0 saturated carbocycles. The van der Waals surface area contributed by atoms with E-state index < -0.39 is 6.03 Å². The second-order valence-electron chi connectivity index (χ2n) is 4.76. The highest BCUT2D eigenvalue weighted by atomic mass is 79.9. The number of hydrogen-bond acceptors (Lipinski definition) is 3. The summed E-state index contributed by atoms with van der Waals surface area (Å²) >= 11 is 6.70. The molecule has 0 spiro atoms. The molecule has 0 aromatic heterocycles. The lowest BCUT2D eigenvalue weighted by atomic mass is 10.1. The number of aliphatic hydroxyl groups excluding tert-OH is 1. The predicted molar refractivity (Wildman–Crippen MR) is 100 cm³/mol. The number of carbonyl (C=O) groups excluding carboxylic acids is 2. The van der Waals surface area contributed by atoms with Crippen molar-refractivity contribution in [2.24, 2.45) is 0 Å². The van der Waals surface area contributed by atoms with Crippen molar-refractivity contribution in [3.8, 4) is 0 Å². The lowest BCUT2D eigenvalue weighted by molar-refractivity contribution is 0.0945. The lowest BCUT2D eigenvalue weighted by Crippen LogP contribution is -2.28. The van der Waals surface area contributed by atoms with E-state index in [0.717, 1.165) is 8.95 Å². The number of anilines is 2. The van der Waals surface area contributed by atoms with Crippen molar-refractivity contribution in [3.63, 3.8) is 0 Å². The highest BCUT2D eigenvalue weighted by Gasteiger charge is 2.13. The third-order valence-electron chi connectivity index (χ3n) is 2.94. The normalized spacial score (nSPS) is 10.1. The van der Waals surface area contributed by atoms with E-state index in [2.05, 4.69) is 47.8 Å². The molecule has 0 heterocycles. The summed E-state index contributed by atoms with van der Waals surface area (Å²) in [6, 6.07) is 11.5. The van der Waals surface area contributed by atoms with Crippen LogP contribution in [-0.2, 0) is 0 Å². The first-order chi connectivity index (χ1) is 11.5. The van der Waals surface area contributed by atoms with E-state index in [4.69, 9.17) is 5.11 Å². The number of amides is 3. The van der Waals surface area contributed by atoms with Crippen LogP contribution in [0, 0.1) is 0 Å². The molecule has 0 aliphatic heterocycles. The largest absolute Gasteiger partial charge is 0.395 e. The smallest absolute Gasteiger partial charge is 0.323 e. The van der Waals surface area contributed by atoms with E-state index in [1.165, 1.54) is 0 Å². The second kappa shape index (κ2) is 8.81. The van der Waals surface area contributed by atoms with Gasteiger partial charge in [0, 0.05) is 21.2 Å². The summed E-state index contributed by atoms with van der Waals surface area (Å²) in [5.74, 6) is -0.370. The Morgan fingerprint density at radius 3 is 2.33 bits per heavy atom. The van der Waals surface area contributed by atoms with Crippen molar-refractivity contribution >= 4 is 55.2 Å². The lowest BCUT2D eigenvalue weighted by Gasteiger charge is -2.12. The van der Waals surface area contributed by atoms with Crippen LogP contribution in [0.15, 0.2) is 51.4 Å². The Kier molecular flexibility index (Phi) is 6.77. The Morgan fingerprint density at radius 1 is 1.00 bits per heavy atom. The van der Waals surface area contributed by atoms with Gasteiger partial charge in [-0.2, -0.15) is 0 Å². The Balaban J connectivity index is 2.10. The van der Waals surface area contributed by atoms with Crippen LogP contribution in [0.1, 0.15) is 10.4 Å². The molecule has 0 bridgehead atoms. The molecule has 2 rings (SSSR count). The molecule has 0 fully saturated rings. The average molecular weight is 457 g/mol. The average Bonchev–Trinajstić information content (AvgIpc) is 2.52. The summed E-state index contributed by atoms with van der Waals surface area (Å²) in [7, 11) is 0. The van der Waals surface area contributed by atoms with E-state index >= 15 is 0 Å². The minimum atomic E-state index is -0.470. The summed E-state index contributed by atoms with van der Waals surface area (Å²) < 4.78 is 1.63. The molecular formula is C16H15Br2N3O3. The Morgan fingerprint density at radius 2 is 1.67 bits per heavy atom. The number of aliphatic hydroxyl groups is 1. The number of halogens is 2. The first kappa shape index (κ1) is 18.4. The van der Waals surface area contributed by atoms with E-state index in [-0.39, 0.29) is 19.1 Å². The van der Waals surface area contributed by atoms with E-state index in [1.54, 1.807) is 36.4 Å². The van der Waals surface area contributed by atoms with Gasteiger partial charge in [-0.1, -0.05) is 44.0 Å². The summed E-state index contributed by atoms with van der Waals surface area (Å²) in [6.07, 6.45) is 0. The molecule has 2 aromatic carbocycles. The third kappa shape index (κ3) is 5.33. The van der Waals surface area contributed by atoms with Crippen LogP contribution in [0.3, 0.4) is 0 Å². The molecule has 3 amide bonds. The minimum absolute atomic E-state index is 0.144. The van der Waals surface area contributed by atoms with Crippen LogP contribution in [0.25, 0.3) is 0 Å². The van der Waals surface area contributed by atoms with Crippen LogP contribution in [0.4, 0.5) is 16.2 Å². The van der Waals surface area contributed by atoms with E-state index in [9.17, 15) is 9.59 Å². The third-order valence-corrected chi connectivity index (χ3v) is 3.85. The SMILES string of the molecule is O=C(Nc1cc(Br)cc(Br)c1)Nc1ccccc1C(=O)NCCO. The van der Waals surface area contributed by atoms with Gasteiger partial charge >= 0.3 is 6.03 Å². The molecule has 0 unspecified atom stereocenters. The van der Waals surface area contributed by atoms with E-state index in [1.807, 2.05) is 6.07 Å². The molecule has 0 atom stereocenters. The Bertz CT molecular complexity index is 733. The number of carbonyl (C=O) groups is 2. The molecule has 6 nitrogen and oxygen atoms in total. The highest BCUT2D eigenvalue weighted by Crippen LogP contribution is 2.23. The molecule has 24 heavy (non-hydrogen) atoms. The van der Waals surface area contributed by atoms with Gasteiger partial charge < -0.3 is 21.1 Å². The first-order valence-corrected chi connectivity index (χ1v) is 8.60. The van der Waals surface area contributed by atoms with Crippen molar-refractivity contribution in [1.29, 1.82) is 0 Å². The van der Waals surface area contributed by atoms with Crippen molar-refractivity contribution in [1.82, 2.24) is 5.32 Å². The fraction of sp³-hybridized carbons (Fsp3) is 0.125. The van der Waals surface area contributed by atoms with Gasteiger partial charge in [0.1, 0.15) is 0 Å². The Hall–Kier alpha value is -1.90. The van der Waals surface area contributed by atoms with Gasteiger partial charge in [0.25, 0.3) is 5.91 Å². The zero-order valence-electron chi connectivity index (χ0n) is 12.5. The zero-order chi connectivity index (χ0) is 17.5. The number of benzene rings is 2. The molecule has 8 heteroatoms. The first-order valence-electron chi connectivity index (χ1n) is 7.02. The number of rotatable bonds is 5. The fourth-order valence-corrected chi connectivity index (χ4v) is 3.26. The van der Waals surface area contributed by atoms with Crippen LogP contribution < -0.4 is 16.0 Å². The number of hydrogen-bond donors (Lipinski definition) is 4. The van der Waals surface area contributed by atoms with Crippen LogP contribution in [-0.4, -0.2) is 30.2 Å². The zero-order valence-corrected chi connectivity index (χ0v) is 15.6. The molecule has 0 radical (unpaired) electrons. The molecule has 0 saturated heterocycles. The summed E-state index contributed by atoms with van der Waals surface area (Å²) in [4.78, 5) is 24.2.